The van der Waals surface area contributed by atoms with Crippen molar-refractivity contribution in [3.8, 4) is 0 Å². The molecule has 9 nitrogen and oxygen atoms in total. The Morgan fingerprint density at radius 2 is 1.83 bits per heavy atom. The summed E-state index contributed by atoms with van der Waals surface area (Å²) in [6.07, 6.45) is -3.05. The zero-order chi connectivity index (χ0) is 22.3. The fourth-order valence-corrected chi connectivity index (χ4v) is 4.22. The van der Waals surface area contributed by atoms with Gasteiger partial charge in [0.1, 0.15) is 0 Å². The van der Waals surface area contributed by atoms with Gasteiger partial charge in [0.15, 0.2) is 0 Å². The number of aliphatic hydroxyl groups is 1. The van der Waals surface area contributed by atoms with Crippen LogP contribution in [0.2, 0.25) is 0 Å². The van der Waals surface area contributed by atoms with Gasteiger partial charge in [0, 0.05) is 5.69 Å². The molecule has 0 aromatic heterocycles. The van der Waals surface area contributed by atoms with Gasteiger partial charge < -0.3 is 21.3 Å². The second-order valence-corrected chi connectivity index (χ2v) is 8.86. The molecule has 10 heteroatoms. The van der Waals surface area contributed by atoms with Gasteiger partial charge in [-0.1, -0.05) is 40.9 Å². The highest BCUT2D eigenvalue weighted by molar-refractivity contribution is 7.89. The van der Waals surface area contributed by atoms with Crippen molar-refractivity contribution in [2.24, 2.45) is 0 Å². The number of nitrogen functional groups attached to an aromatic ring is 1. The lowest BCUT2D eigenvalue weighted by Crippen LogP contribution is -2.50. The molecule has 30 heavy (non-hydrogen) atoms. The maximum Gasteiger partial charge on any atom is 0.404 e. The molecule has 0 bridgehead atoms. The molecule has 2 aromatic rings. The van der Waals surface area contributed by atoms with Crippen LogP contribution in [0.15, 0.2) is 59.5 Å². The smallest absolute Gasteiger partial charge is 0.404 e. The Morgan fingerprint density at radius 3 is 2.40 bits per heavy atom. The maximum absolute atomic E-state index is 13.1. The predicted molar refractivity (Wildman–Crippen MR) is 112 cm³/mol. The monoisotopic (exact) mass is 437 g/mol. The Labute approximate surface area is 176 Å². The van der Waals surface area contributed by atoms with E-state index in [1.54, 1.807) is 44.2 Å². The van der Waals surface area contributed by atoms with Crippen LogP contribution in [0.5, 0.6) is 0 Å². The summed E-state index contributed by atoms with van der Waals surface area (Å²) < 4.78 is 26.8. The van der Waals surface area contributed by atoms with Gasteiger partial charge in [-0.15, -0.1) is 0 Å². The number of carboxylic acid groups (broad SMARTS) is 1. The van der Waals surface area contributed by atoms with Gasteiger partial charge in [0.05, 0.1) is 29.7 Å². The first-order chi connectivity index (χ1) is 14.1. The number of rotatable bonds is 10. The van der Waals surface area contributed by atoms with E-state index in [2.05, 4.69) is 5.32 Å². The molecule has 2 aromatic carbocycles. The van der Waals surface area contributed by atoms with E-state index in [1.807, 2.05) is 6.07 Å². The fourth-order valence-electron chi connectivity index (χ4n) is 2.82. The summed E-state index contributed by atoms with van der Waals surface area (Å²) in [6.45, 7) is 2.81. The summed E-state index contributed by atoms with van der Waals surface area (Å²) in [5.41, 5.74) is 6.74. The molecular formula is C20H27N3O6S. The second kappa shape index (κ2) is 10.4. The van der Waals surface area contributed by atoms with Gasteiger partial charge >= 0.3 is 6.09 Å². The number of hydrogen-bond donors (Lipinski definition) is 4. The van der Waals surface area contributed by atoms with Crippen LogP contribution in [0.3, 0.4) is 0 Å². The summed E-state index contributed by atoms with van der Waals surface area (Å²) in [7, 11) is -4.15. The first kappa shape index (κ1) is 23.6. The summed E-state index contributed by atoms with van der Waals surface area (Å²) in [6, 6.07) is 13.7. The van der Waals surface area contributed by atoms with Crippen LogP contribution in [0.1, 0.15) is 19.4 Å². The summed E-state index contributed by atoms with van der Waals surface area (Å²) in [4.78, 5) is 16.6. The van der Waals surface area contributed by atoms with Crippen molar-refractivity contribution in [1.82, 2.24) is 9.79 Å². The van der Waals surface area contributed by atoms with E-state index in [0.717, 1.165) is 5.56 Å². The zero-order valence-electron chi connectivity index (χ0n) is 16.8. The summed E-state index contributed by atoms with van der Waals surface area (Å²) in [5.74, 6) is 0. The van der Waals surface area contributed by atoms with E-state index >= 15 is 0 Å². The number of nitrogens with zero attached hydrogens (tertiary/aromatic N) is 1. The molecule has 0 unspecified atom stereocenters. The van der Waals surface area contributed by atoms with Crippen LogP contribution < -0.4 is 11.1 Å². The van der Waals surface area contributed by atoms with Gasteiger partial charge in [0.25, 0.3) is 10.0 Å². The quantitative estimate of drug-likeness (QED) is 0.328. The molecular weight excluding hydrogens is 410 g/mol. The van der Waals surface area contributed by atoms with Crippen molar-refractivity contribution >= 4 is 21.8 Å². The number of nitrogens with one attached hydrogen (secondary N) is 1. The lowest BCUT2D eigenvalue weighted by molar-refractivity contribution is -0.136. The minimum atomic E-state index is -4.15. The Balaban J connectivity index is 2.28. The average Bonchev–Trinajstić information content (AvgIpc) is 2.67. The molecule has 0 radical (unpaired) electrons. The molecule has 1 amide bonds. The second-order valence-electron chi connectivity index (χ2n) is 7.03. The fraction of sp³-hybridized carbons (Fsp3) is 0.350. The molecule has 0 spiro atoms. The topological polar surface area (TPSA) is 142 Å². The number of aliphatic hydroxyl groups excluding tert-OH is 1. The van der Waals surface area contributed by atoms with Crippen molar-refractivity contribution in [2.45, 2.75) is 43.4 Å². The third-order valence-corrected chi connectivity index (χ3v) is 5.78. The molecule has 0 aliphatic rings. The van der Waals surface area contributed by atoms with E-state index in [1.165, 1.54) is 18.2 Å². The summed E-state index contributed by atoms with van der Waals surface area (Å²) >= 11 is 0. The number of hydroxylamine groups is 1. The van der Waals surface area contributed by atoms with E-state index in [4.69, 9.17) is 15.7 Å². The molecule has 0 fully saturated rings. The third-order valence-electron chi connectivity index (χ3n) is 4.16. The predicted octanol–water partition coefficient (Wildman–Crippen LogP) is 1.84. The Kier molecular flexibility index (Phi) is 8.18. The lowest BCUT2D eigenvalue weighted by atomic mass is 10.0. The normalized spacial score (nSPS) is 13.9. The lowest BCUT2D eigenvalue weighted by Gasteiger charge is -2.29. The van der Waals surface area contributed by atoms with E-state index in [9.17, 15) is 18.3 Å². The third kappa shape index (κ3) is 6.70. The van der Waals surface area contributed by atoms with E-state index < -0.39 is 40.9 Å². The highest BCUT2D eigenvalue weighted by Crippen LogP contribution is 2.21. The van der Waals surface area contributed by atoms with Crippen molar-refractivity contribution in [2.75, 3.05) is 12.3 Å². The van der Waals surface area contributed by atoms with Crippen molar-refractivity contribution in [3.05, 3.63) is 60.2 Å². The van der Waals surface area contributed by atoms with Crippen molar-refractivity contribution < 1.29 is 28.3 Å². The van der Waals surface area contributed by atoms with Crippen molar-refractivity contribution in [1.29, 1.82) is 0 Å². The van der Waals surface area contributed by atoms with Crippen LogP contribution in [0.25, 0.3) is 0 Å². The molecule has 0 aliphatic carbocycles. The minimum Gasteiger partial charge on any atom is -0.465 e. The molecule has 0 saturated carbocycles. The SMILES string of the molecule is CC(C)ON(C[C@H](O)[C@H](Cc1ccccc1)NC(=O)O)S(=O)(=O)c1cccc(N)c1. The molecule has 164 valence electrons. The zero-order valence-corrected chi connectivity index (χ0v) is 17.6. The molecule has 2 rings (SSSR count). The Morgan fingerprint density at radius 1 is 1.17 bits per heavy atom. The molecule has 0 aliphatic heterocycles. The number of carbonyl (C=O) groups is 1. The van der Waals surface area contributed by atoms with E-state index in [0.29, 0.717) is 4.47 Å². The maximum atomic E-state index is 13.1. The molecule has 0 saturated heterocycles. The summed E-state index contributed by atoms with van der Waals surface area (Å²) in [5, 5.41) is 22.1. The minimum absolute atomic E-state index is 0.0962. The highest BCUT2D eigenvalue weighted by atomic mass is 32.2. The van der Waals surface area contributed by atoms with Crippen LogP contribution >= 0.6 is 0 Å². The van der Waals surface area contributed by atoms with Crippen LogP contribution in [0, 0.1) is 0 Å². The van der Waals surface area contributed by atoms with Gasteiger partial charge in [-0.3, -0.25) is 4.84 Å². The number of benzene rings is 2. The number of anilines is 1. The van der Waals surface area contributed by atoms with E-state index in [-0.39, 0.29) is 17.0 Å². The number of nitrogens with two attached hydrogens (primary N) is 1. The van der Waals surface area contributed by atoms with Crippen LogP contribution in [-0.2, 0) is 21.3 Å². The Hall–Kier alpha value is -2.66. The molecule has 2 atom stereocenters. The first-order valence-electron chi connectivity index (χ1n) is 9.36. The van der Waals surface area contributed by atoms with Gasteiger partial charge in [-0.2, -0.15) is 0 Å². The number of hydrogen-bond acceptors (Lipinski definition) is 6. The largest absolute Gasteiger partial charge is 0.465 e. The standard InChI is InChI=1S/C20H27N3O6S/c1-14(2)29-23(30(27,28)17-10-6-9-16(21)12-17)13-19(24)18(22-20(25)26)11-15-7-4-3-5-8-15/h3-10,12,14,18-19,22,24H,11,13,21H2,1-2H3,(H,25,26)/t18-,19-/m0/s1. The molecule has 5 N–H and O–H groups in total. The van der Waals surface area contributed by atoms with Crippen LogP contribution in [0.4, 0.5) is 10.5 Å². The number of amides is 1. The van der Waals surface area contributed by atoms with Gasteiger partial charge in [-0.25, -0.2) is 13.2 Å². The highest BCUT2D eigenvalue weighted by Gasteiger charge is 2.32. The Bertz CT molecular complexity index is 937. The average molecular weight is 438 g/mol. The molecule has 0 heterocycles. The van der Waals surface area contributed by atoms with Gasteiger partial charge in [0.2, 0.25) is 0 Å². The number of sulfonamides is 1. The van der Waals surface area contributed by atoms with Crippen LogP contribution in [-0.4, -0.2) is 54.0 Å². The van der Waals surface area contributed by atoms with Crippen molar-refractivity contribution in [3.63, 3.8) is 0 Å². The van der Waals surface area contributed by atoms with Gasteiger partial charge in [-0.05, 0) is 44.0 Å². The first-order valence-corrected chi connectivity index (χ1v) is 10.8.